The fraction of sp³-hybridized carbons (Fsp3) is 0.350. The van der Waals surface area contributed by atoms with Crippen LogP contribution < -0.4 is 5.32 Å². The number of carbonyl (C=O) groups excluding carboxylic acids is 2. The number of benzene rings is 1. The van der Waals surface area contributed by atoms with Gasteiger partial charge in [0.25, 0.3) is 5.91 Å². The van der Waals surface area contributed by atoms with Crippen LogP contribution in [0.15, 0.2) is 45.8 Å². The Balaban J connectivity index is 1.51. The van der Waals surface area contributed by atoms with Gasteiger partial charge < -0.3 is 15.5 Å². The Kier molecular flexibility index (Phi) is 7.95. The van der Waals surface area contributed by atoms with Crippen LogP contribution in [0.3, 0.4) is 0 Å². The number of nitrogens with zero attached hydrogens (tertiary/aromatic N) is 7. The normalized spacial score (nSPS) is 19.4. The van der Waals surface area contributed by atoms with Crippen LogP contribution >= 0.6 is 23.5 Å². The van der Waals surface area contributed by atoms with Crippen molar-refractivity contribution in [3.8, 4) is 0 Å². The van der Waals surface area contributed by atoms with Gasteiger partial charge in [0.2, 0.25) is 11.1 Å². The monoisotopic (exact) mass is 545 g/mol. The average Bonchev–Trinajstić information content (AvgIpc) is 3.38. The standard InChI is InChI=1S/C20H19N9O6S2/c21-26-22-7-10-4-2-1-3-9(10)5-13(30)23-15-17(33)29-16(19(34)35)11(8-36-18(15)29)12(6-14(31)32)37-20-24-27-28-25-20/h1-4,12,15,18H,5-8H2,(H,23,30)(H,31,32)(H,34,35)(H,24,25,27,28)/t12?,15?,18-/m0/s1. The first-order chi connectivity index (χ1) is 17.8. The van der Waals surface area contributed by atoms with Gasteiger partial charge in [-0.25, -0.2) is 4.79 Å². The van der Waals surface area contributed by atoms with E-state index >= 15 is 0 Å². The number of carbonyl (C=O) groups is 4. The quantitative estimate of drug-likeness (QED) is 0.102. The Bertz CT molecular complexity index is 1310. The number of carboxylic acid groups (broad SMARTS) is 2. The summed E-state index contributed by atoms with van der Waals surface area (Å²) in [4.78, 5) is 53.2. The van der Waals surface area contributed by atoms with Crippen molar-refractivity contribution in [2.45, 2.75) is 41.2 Å². The van der Waals surface area contributed by atoms with E-state index in [4.69, 9.17) is 5.53 Å². The maximum Gasteiger partial charge on any atom is 0.352 e. The van der Waals surface area contributed by atoms with Gasteiger partial charge in [-0.15, -0.1) is 22.0 Å². The highest BCUT2D eigenvalue weighted by atomic mass is 32.2. The highest BCUT2D eigenvalue weighted by molar-refractivity contribution is 8.01. The number of rotatable bonds is 11. The lowest BCUT2D eigenvalue weighted by Crippen LogP contribution is -2.70. The van der Waals surface area contributed by atoms with Gasteiger partial charge in [-0.2, -0.15) is 5.21 Å². The average molecular weight is 546 g/mol. The summed E-state index contributed by atoms with van der Waals surface area (Å²) in [6, 6.07) is 5.99. The largest absolute Gasteiger partial charge is 0.481 e. The maximum absolute atomic E-state index is 13.0. The van der Waals surface area contributed by atoms with Crippen LogP contribution in [-0.4, -0.2) is 81.9 Å². The van der Waals surface area contributed by atoms with Crippen molar-refractivity contribution in [2.24, 2.45) is 5.11 Å². The van der Waals surface area contributed by atoms with Crippen molar-refractivity contribution in [3.05, 3.63) is 57.1 Å². The molecule has 4 rings (SSSR count). The molecule has 1 aromatic carbocycles. The minimum absolute atomic E-state index is 0.0623. The highest BCUT2D eigenvalue weighted by Gasteiger charge is 2.55. The summed E-state index contributed by atoms with van der Waals surface area (Å²) in [5.74, 6) is -3.47. The van der Waals surface area contributed by atoms with Gasteiger partial charge in [0.15, 0.2) is 0 Å². The van der Waals surface area contributed by atoms with Crippen LogP contribution in [0.1, 0.15) is 17.5 Å². The molecule has 4 N–H and O–H groups in total. The van der Waals surface area contributed by atoms with Gasteiger partial charge >= 0.3 is 11.9 Å². The highest BCUT2D eigenvalue weighted by Crippen LogP contribution is 2.44. The summed E-state index contributed by atoms with van der Waals surface area (Å²) in [6.45, 7) is 0.0729. The Hall–Kier alpha value is -4.08. The Labute approximate surface area is 216 Å². The number of aromatic amines is 1. The van der Waals surface area contributed by atoms with E-state index in [1.165, 1.54) is 11.8 Å². The molecule has 1 aromatic heterocycles. The number of thioether (sulfide) groups is 2. The second-order valence-corrected chi connectivity index (χ2v) is 10.1. The Morgan fingerprint density at radius 3 is 2.73 bits per heavy atom. The molecule has 0 radical (unpaired) electrons. The first kappa shape index (κ1) is 26.0. The number of hydrogen-bond donors (Lipinski definition) is 4. The molecule has 0 spiro atoms. The molecule has 2 aliphatic heterocycles. The number of hydrogen-bond acceptors (Lipinski definition) is 10. The third kappa shape index (κ3) is 5.68. The molecule has 192 valence electrons. The van der Waals surface area contributed by atoms with Crippen LogP contribution in [0.2, 0.25) is 0 Å². The minimum Gasteiger partial charge on any atom is -0.481 e. The zero-order valence-corrected chi connectivity index (χ0v) is 20.5. The molecule has 3 atom stereocenters. The molecule has 3 heterocycles. The van der Waals surface area contributed by atoms with Crippen molar-refractivity contribution in [1.82, 2.24) is 30.8 Å². The molecule has 2 aromatic rings. The summed E-state index contributed by atoms with van der Waals surface area (Å²) < 4.78 is 0. The lowest BCUT2D eigenvalue weighted by atomic mass is 9.99. The van der Waals surface area contributed by atoms with E-state index in [0.29, 0.717) is 11.1 Å². The molecular formula is C20H19N9O6S2. The minimum atomic E-state index is -1.38. The molecular weight excluding hydrogens is 526 g/mol. The first-order valence-corrected chi connectivity index (χ1v) is 12.6. The van der Waals surface area contributed by atoms with E-state index < -0.39 is 46.8 Å². The van der Waals surface area contributed by atoms with Gasteiger partial charge in [0.05, 0.1) is 19.4 Å². The van der Waals surface area contributed by atoms with Gasteiger partial charge in [0.1, 0.15) is 17.1 Å². The van der Waals surface area contributed by atoms with E-state index in [1.807, 2.05) is 0 Å². The van der Waals surface area contributed by atoms with Crippen molar-refractivity contribution in [2.75, 3.05) is 5.75 Å². The smallest absolute Gasteiger partial charge is 0.352 e. The Morgan fingerprint density at radius 2 is 2.08 bits per heavy atom. The summed E-state index contributed by atoms with van der Waals surface area (Å²) >= 11 is 2.16. The number of amides is 2. The molecule has 2 unspecified atom stereocenters. The molecule has 17 heteroatoms. The van der Waals surface area contributed by atoms with E-state index in [9.17, 15) is 29.4 Å². The van der Waals surface area contributed by atoms with E-state index in [-0.39, 0.29) is 35.1 Å². The number of aromatic nitrogens is 4. The van der Waals surface area contributed by atoms with E-state index in [0.717, 1.165) is 16.7 Å². The van der Waals surface area contributed by atoms with Crippen LogP contribution in [-0.2, 0) is 32.1 Å². The van der Waals surface area contributed by atoms with Gasteiger partial charge in [-0.1, -0.05) is 41.1 Å². The molecule has 0 bridgehead atoms. The SMILES string of the molecule is [N-]=[N+]=NCc1ccccc1CC(=O)NC1C(=O)N2C(C(=O)O)=C(C(CC(=O)O)Sc3nn[nH]n3)CS[C@@H]12. The van der Waals surface area contributed by atoms with Crippen LogP contribution in [0.4, 0.5) is 0 Å². The summed E-state index contributed by atoms with van der Waals surface area (Å²) in [7, 11) is 0. The topological polar surface area (TPSA) is 227 Å². The maximum atomic E-state index is 13.0. The van der Waals surface area contributed by atoms with Crippen molar-refractivity contribution in [3.63, 3.8) is 0 Å². The summed E-state index contributed by atoms with van der Waals surface area (Å²) in [5, 5.41) is 37.4. The summed E-state index contributed by atoms with van der Waals surface area (Å²) in [5.41, 5.74) is 9.82. The lowest BCUT2D eigenvalue weighted by molar-refractivity contribution is -0.150. The molecule has 1 saturated heterocycles. The van der Waals surface area contributed by atoms with Crippen molar-refractivity contribution >= 4 is 47.3 Å². The molecule has 0 saturated carbocycles. The number of aliphatic carboxylic acids is 2. The molecule has 1 fully saturated rings. The number of azide groups is 1. The summed E-state index contributed by atoms with van der Waals surface area (Å²) in [6.07, 6.45) is -0.485. The number of carboxylic acids is 2. The fourth-order valence-electron chi connectivity index (χ4n) is 4.00. The molecule has 15 nitrogen and oxygen atoms in total. The van der Waals surface area contributed by atoms with Gasteiger partial charge in [-0.3, -0.25) is 19.3 Å². The molecule has 2 aliphatic rings. The number of nitrogens with one attached hydrogen (secondary N) is 2. The zero-order chi connectivity index (χ0) is 26.5. The first-order valence-electron chi connectivity index (χ1n) is 10.7. The zero-order valence-electron chi connectivity index (χ0n) is 18.8. The molecule has 0 aliphatic carbocycles. The number of fused-ring (bicyclic) bond motifs is 1. The Morgan fingerprint density at radius 1 is 1.32 bits per heavy atom. The van der Waals surface area contributed by atoms with E-state index in [1.54, 1.807) is 24.3 Å². The van der Waals surface area contributed by atoms with Crippen LogP contribution in [0.5, 0.6) is 0 Å². The van der Waals surface area contributed by atoms with Gasteiger partial charge in [-0.05, 0) is 27.4 Å². The third-order valence-electron chi connectivity index (χ3n) is 5.61. The number of β-lactam (4-membered cyclic amide) rings is 1. The van der Waals surface area contributed by atoms with Crippen LogP contribution in [0.25, 0.3) is 10.4 Å². The third-order valence-corrected chi connectivity index (χ3v) is 8.03. The number of H-pyrrole nitrogens is 1. The van der Waals surface area contributed by atoms with Crippen molar-refractivity contribution in [1.29, 1.82) is 0 Å². The van der Waals surface area contributed by atoms with E-state index in [2.05, 4.69) is 36.0 Å². The number of tetrazole rings is 1. The predicted molar refractivity (Wildman–Crippen MR) is 129 cm³/mol. The molecule has 37 heavy (non-hydrogen) atoms. The van der Waals surface area contributed by atoms with Crippen molar-refractivity contribution < 1.29 is 29.4 Å². The lowest BCUT2D eigenvalue weighted by Gasteiger charge is -2.50. The van der Waals surface area contributed by atoms with Crippen LogP contribution in [0, 0.1) is 0 Å². The second-order valence-electron chi connectivity index (χ2n) is 7.87. The molecule has 2 amide bonds. The fourth-order valence-corrected chi connectivity index (χ4v) is 6.53. The predicted octanol–water partition coefficient (Wildman–Crippen LogP) is 0.927. The van der Waals surface area contributed by atoms with Gasteiger partial charge in [0, 0.05) is 15.9 Å². The second kappa shape index (κ2) is 11.3.